The zero-order valence-corrected chi connectivity index (χ0v) is 11.7. The van der Waals surface area contributed by atoms with Gasteiger partial charge in [-0.05, 0) is 12.1 Å². The third-order valence-corrected chi connectivity index (χ3v) is 3.01. The molecule has 7 nitrogen and oxygen atoms in total. The Labute approximate surface area is 121 Å². The van der Waals surface area contributed by atoms with Crippen LogP contribution in [-0.2, 0) is 7.05 Å². The van der Waals surface area contributed by atoms with E-state index in [-0.39, 0.29) is 0 Å². The second-order valence-corrected chi connectivity index (χ2v) is 4.52. The minimum Gasteiger partial charge on any atom is -0.492 e. The molecule has 0 radical (unpaired) electrons. The summed E-state index contributed by atoms with van der Waals surface area (Å²) in [6, 6.07) is 7.65. The van der Waals surface area contributed by atoms with Gasteiger partial charge in [0.1, 0.15) is 24.5 Å². The molecule has 0 saturated carbocycles. The molecule has 3 N–H and O–H groups in total. The molecule has 21 heavy (non-hydrogen) atoms. The number of benzene rings is 1. The van der Waals surface area contributed by atoms with E-state index < -0.39 is 0 Å². The zero-order valence-electron chi connectivity index (χ0n) is 11.7. The summed E-state index contributed by atoms with van der Waals surface area (Å²) in [6.45, 7) is 0.976. The lowest BCUT2D eigenvalue weighted by molar-refractivity contribution is 0.328. The Bertz CT molecular complexity index is 754. The normalized spacial score (nSPS) is 10.8. The number of nitrogens with two attached hydrogens (primary N) is 1. The molecule has 108 valence electrons. The number of hydrogen-bond donors (Lipinski definition) is 2. The molecule has 0 atom stereocenters. The predicted octanol–water partition coefficient (Wildman–Crippen LogP) is 1.44. The second kappa shape index (κ2) is 5.76. The number of fused-ring (bicyclic) bond motifs is 1. The predicted molar refractivity (Wildman–Crippen MR) is 80.6 cm³/mol. The van der Waals surface area contributed by atoms with Crippen LogP contribution in [0.1, 0.15) is 0 Å². The summed E-state index contributed by atoms with van der Waals surface area (Å²) in [7, 11) is 1.85. The fraction of sp³-hybridized carbons (Fsp3) is 0.214. The standard InChI is InChI=1S/C14H16N6O/c1-20-14-12(8-18-20)13(16-9-17-14)19-10-3-2-4-11(7-10)21-6-5-15/h2-4,7-9H,5-6,15H2,1H3,(H,16,17,19). The summed E-state index contributed by atoms with van der Waals surface area (Å²) in [5.74, 6) is 1.48. The van der Waals surface area contributed by atoms with Crippen LogP contribution < -0.4 is 15.8 Å². The smallest absolute Gasteiger partial charge is 0.163 e. The molecule has 7 heteroatoms. The fourth-order valence-corrected chi connectivity index (χ4v) is 2.04. The van der Waals surface area contributed by atoms with Crippen molar-refractivity contribution >= 4 is 22.5 Å². The molecule has 0 spiro atoms. The van der Waals surface area contributed by atoms with Gasteiger partial charge < -0.3 is 15.8 Å². The lowest BCUT2D eigenvalue weighted by atomic mass is 10.3. The van der Waals surface area contributed by atoms with Crippen LogP contribution in [0.2, 0.25) is 0 Å². The van der Waals surface area contributed by atoms with Gasteiger partial charge in [-0.15, -0.1) is 0 Å². The Hall–Kier alpha value is -2.67. The van der Waals surface area contributed by atoms with Crippen LogP contribution in [0.4, 0.5) is 11.5 Å². The van der Waals surface area contributed by atoms with E-state index in [0.29, 0.717) is 19.0 Å². The number of anilines is 2. The van der Waals surface area contributed by atoms with Crippen LogP contribution in [0, 0.1) is 0 Å². The molecule has 0 amide bonds. The first-order valence-electron chi connectivity index (χ1n) is 6.60. The van der Waals surface area contributed by atoms with Crippen molar-refractivity contribution < 1.29 is 4.74 Å². The average Bonchev–Trinajstić information content (AvgIpc) is 2.88. The van der Waals surface area contributed by atoms with Gasteiger partial charge in [-0.1, -0.05) is 6.07 Å². The first kappa shape index (κ1) is 13.3. The number of aryl methyl sites for hydroxylation is 1. The van der Waals surface area contributed by atoms with Gasteiger partial charge in [0, 0.05) is 25.3 Å². The lowest BCUT2D eigenvalue weighted by Crippen LogP contribution is -2.10. The minimum atomic E-state index is 0.486. The van der Waals surface area contributed by atoms with Gasteiger partial charge in [-0.3, -0.25) is 4.68 Å². The number of aromatic nitrogens is 4. The molecule has 0 fully saturated rings. The average molecular weight is 284 g/mol. The molecule has 2 aromatic heterocycles. The van der Waals surface area contributed by atoms with Crippen LogP contribution in [0.25, 0.3) is 11.0 Å². The van der Waals surface area contributed by atoms with Gasteiger partial charge in [0.15, 0.2) is 5.65 Å². The Kier molecular flexibility index (Phi) is 3.65. The van der Waals surface area contributed by atoms with Gasteiger partial charge in [0.05, 0.1) is 11.6 Å². The highest BCUT2D eigenvalue weighted by Gasteiger charge is 2.08. The maximum absolute atomic E-state index is 5.51. The molecule has 0 bridgehead atoms. The van der Waals surface area contributed by atoms with Crippen LogP contribution in [0.5, 0.6) is 5.75 Å². The van der Waals surface area contributed by atoms with E-state index in [1.54, 1.807) is 10.9 Å². The van der Waals surface area contributed by atoms with Crippen molar-refractivity contribution in [3.8, 4) is 5.75 Å². The van der Waals surface area contributed by atoms with E-state index in [2.05, 4.69) is 20.4 Å². The molecule has 0 aliphatic rings. The van der Waals surface area contributed by atoms with Gasteiger partial charge in [-0.25, -0.2) is 9.97 Å². The Morgan fingerprint density at radius 2 is 2.24 bits per heavy atom. The first-order valence-corrected chi connectivity index (χ1v) is 6.60. The summed E-state index contributed by atoms with van der Waals surface area (Å²) >= 11 is 0. The van der Waals surface area contributed by atoms with Gasteiger partial charge in [0.25, 0.3) is 0 Å². The third-order valence-electron chi connectivity index (χ3n) is 3.01. The number of rotatable bonds is 5. The van der Waals surface area contributed by atoms with Crippen molar-refractivity contribution in [3.05, 3.63) is 36.8 Å². The Morgan fingerprint density at radius 1 is 1.33 bits per heavy atom. The molecule has 3 aromatic rings. The van der Waals surface area contributed by atoms with Crippen LogP contribution in [0.3, 0.4) is 0 Å². The topological polar surface area (TPSA) is 90.9 Å². The lowest BCUT2D eigenvalue weighted by Gasteiger charge is -2.09. The quantitative estimate of drug-likeness (QED) is 0.737. The van der Waals surface area contributed by atoms with E-state index in [1.807, 2.05) is 31.3 Å². The van der Waals surface area contributed by atoms with Crippen molar-refractivity contribution in [1.82, 2.24) is 19.7 Å². The molecular weight excluding hydrogens is 268 g/mol. The van der Waals surface area contributed by atoms with Gasteiger partial charge in [0.2, 0.25) is 0 Å². The summed E-state index contributed by atoms with van der Waals surface area (Å²) in [5.41, 5.74) is 7.10. The van der Waals surface area contributed by atoms with Crippen molar-refractivity contribution in [2.45, 2.75) is 0 Å². The van der Waals surface area contributed by atoms with E-state index in [9.17, 15) is 0 Å². The fourth-order valence-electron chi connectivity index (χ4n) is 2.04. The molecule has 2 heterocycles. The highest BCUT2D eigenvalue weighted by atomic mass is 16.5. The first-order chi connectivity index (χ1) is 10.3. The zero-order chi connectivity index (χ0) is 14.7. The second-order valence-electron chi connectivity index (χ2n) is 4.52. The number of nitrogens with zero attached hydrogens (tertiary/aromatic N) is 4. The molecule has 0 saturated heterocycles. The SMILES string of the molecule is Cn1ncc2c(Nc3cccc(OCCN)c3)ncnc21. The summed E-state index contributed by atoms with van der Waals surface area (Å²) in [4.78, 5) is 8.48. The van der Waals surface area contributed by atoms with Gasteiger partial charge >= 0.3 is 0 Å². The molecule has 3 rings (SSSR count). The van der Waals surface area contributed by atoms with Gasteiger partial charge in [-0.2, -0.15) is 5.10 Å². The van der Waals surface area contributed by atoms with Crippen molar-refractivity contribution in [2.75, 3.05) is 18.5 Å². The van der Waals surface area contributed by atoms with E-state index in [4.69, 9.17) is 10.5 Å². The van der Waals surface area contributed by atoms with Crippen molar-refractivity contribution in [3.63, 3.8) is 0 Å². The highest BCUT2D eigenvalue weighted by molar-refractivity contribution is 5.88. The van der Waals surface area contributed by atoms with Crippen LogP contribution >= 0.6 is 0 Å². The Morgan fingerprint density at radius 3 is 3.10 bits per heavy atom. The van der Waals surface area contributed by atoms with E-state index in [1.165, 1.54) is 6.33 Å². The molecular formula is C14H16N6O. The summed E-state index contributed by atoms with van der Waals surface area (Å²) < 4.78 is 7.22. The summed E-state index contributed by atoms with van der Waals surface area (Å²) in [5, 5.41) is 8.32. The monoisotopic (exact) mass is 284 g/mol. The highest BCUT2D eigenvalue weighted by Crippen LogP contribution is 2.24. The molecule has 1 aromatic carbocycles. The minimum absolute atomic E-state index is 0.486. The number of nitrogens with one attached hydrogen (secondary N) is 1. The summed E-state index contributed by atoms with van der Waals surface area (Å²) in [6.07, 6.45) is 3.26. The van der Waals surface area contributed by atoms with Crippen molar-refractivity contribution in [1.29, 1.82) is 0 Å². The maximum atomic E-state index is 5.51. The van der Waals surface area contributed by atoms with Crippen LogP contribution in [0.15, 0.2) is 36.8 Å². The van der Waals surface area contributed by atoms with E-state index >= 15 is 0 Å². The number of ether oxygens (including phenoxy) is 1. The van der Waals surface area contributed by atoms with Crippen LogP contribution in [-0.4, -0.2) is 32.9 Å². The van der Waals surface area contributed by atoms with Crippen molar-refractivity contribution in [2.24, 2.45) is 12.8 Å². The van der Waals surface area contributed by atoms with E-state index in [0.717, 1.165) is 22.5 Å². The Balaban J connectivity index is 1.88. The maximum Gasteiger partial charge on any atom is 0.163 e. The molecule has 0 aliphatic carbocycles. The largest absolute Gasteiger partial charge is 0.492 e. The number of hydrogen-bond acceptors (Lipinski definition) is 6. The third kappa shape index (κ3) is 2.77. The molecule has 0 aliphatic heterocycles. The molecule has 0 unspecified atom stereocenters.